The minimum absolute atomic E-state index is 0.271. The van der Waals surface area contributed by atoms with Gasteiger partial charge in [0.2, 0.25) is 0 Å². The first-order valence-corrected chi connectivity index (χ1v) is 13.8. The Morgan fingerprint density at radius 3 is 1.77 bits per heavy atom. The van der Waals surface area contributed by atoms with Crippen molar-refractivity contribution in [2.24, 2.45) is 0 Å². The maximum Gasteiger partial charge on any atom is 0.166 e. The number of nitrogens with one attached hydrogen (secondary N) is 1. The third-order valence-electron chi connectivity index (χ3n) is 7.13. The zero-order valence-corrected chi connectivity index (χ0v) is 21.1. The molecule has 2 atom stereocenters. The van der Waals surface area contributed by atoms with Gasteiger partial charge in [0.1, 0.15) is 12.7 Å². The van der Waals surface area contributed by atoms with E-state index in [2.05, 4.69) is 43.7 Å². The highest BCUT2D eigenvalue weighted by molar-refractivity contribution is 4.84. The third-order valence-corrected chi connectivity index (χ3v) is 7.13. The van der Waals surface area contributed by atoms with Crippen LogP contribution in [0.4, 0.5) is 0 Å². The summed E-state index contributed by atoms with van der Waals surface area (Å²) >= 11 is 0. The predicted octanol–water partition coefficient (Wildman–Crippen LogP) is 7.81. The van der Waals surface area contributed by atoms with Crippen molar-refractivity contribution in [3.63, 3.8) is 0 Å². The summed E-state index contributed by atoms with van der Waals surface area (Å²) in [6.45, 7) is 6.66. The summed E-state index contributed by atoms with van der Waals surface area (Å²) in [6.07, 6.45) is 34.3. The van der Waals surface area contributed by atoms with Crippen LogP contribution in [0.2, 0.25) is 0 Å². The van der Waals surface area contributed by atoms with Crippen LogP contribution < -0.4 is 5.32 Å². The summed E-state index contributed by atoms with van der Waals surface area (Å²) in [6, 6.07) is 0. The van der Waals surface area contributed by atoms with Crippen molar-refractivity contribution in [2.75, 3.05) is 19.7 Å². The first-order valence-electron chi connectivity index (χ1n) is 13.8. The van der Waals surface area contributed by atoms with Gasteiger partial charge in [0.05, 0.1) is 19.4 Å². The molecule has 2 N–H and O–H groups in total. The highest BCUT2D eigenvalue weighted by Gasteiger charge is 2.35. The second kappa shape index (κ2) is 19.9. The van der Waals surface area contributed by atoms with Crippen LogP contribution in [0.5, 0.6) is 0 Å². The highest BCUT2D eigenvalue weighted by Crippen LogP contribution is 2.23. The van der Waals surface area contributed by atoms with Crippen molar-refractivity contribution in [1.82, 2.24) is 5.32 Å². The lowest BCUT2D eigenvalue weighted by molar-refractivity contribution is -0.900. The molecule has 0 aromatic carbocycles. The lowest BCUT2D eigenvalue weighted by Gasteiger charge is -2.36. The topological polar surface area (TPSA) is 32.3 Å². The summed E-state index contributed by atoms with van der Waals surface area (Å²) in [4.78, 5) is 0. The van der Waals surface area contributed by atoms with E-state index in [-0.39, 0.29) is 6.61 Å². The quantitative estimate of drug-likeness (QED) is 0.103. The Bertz CT molecular complexity index is 448. The Balaban J connectivity index is 1.82. The van der Waals surface area contributed by atoms with Crippen molar-refractivity contribution in [1.29, 1.82) is 0 Å². The molecule has 0 aromatic rings. The summed E-state index contributed by atoms with van der Waals surface area (Å²) < 4.78 is 0.909. The fourth-order valence-electron chi connectivity index (χ4n) is 4.90. The van der Waals surface area contributed by atoms with Crippen LogP contribution in [0.1, 0.15) is 129 Å². The molecular weight excluding hydrogens is 380 g/mol. The fourth-order valence-corrected chi connectivity index (χ4v) is 4.90. The fraction of sp³-hybridized carbons (Fsp3) is 0.857. The van der Waals surface area contributed by atoms with E-state index in [1.807, 2.05) is 0 Å². The number of hydrogen-bond acceptors (Lipinski definition) is 2. The molecule has 1 aliphatic rings. The number of aliphatic hydroxyl groups excluding tert-OH is 1. The van der Waals surface area contributed by atoms with Gasteiger partial charge in [-0.3, -0.25) is 4.48 Å². The SMILES string of the molecule is CCCC/C=C/CCCCCCCCCCCCCCCC1NC=C[N+]1(CC)CCO. The first-order chi connectivity index (χ1) is 15.3. The van der Waals surface area contributed by atoms with E-state index in [1.54, 1.807) is 0 Å². The zero-order chi connectivity index (χ0) is 22.5. The van der Waals surface area contributed by atoms with E-state index >= 15 is 0 Å². The van der Waals surface area contributed by atoms with Crippen molar-refractivity contribution in [3.05, 3.63) is 24.6 Å². The van der Waals surface area contributed by atoms with E-state index in [1.165, 1.54) is 116 Å². The second-order valence-electron chi connectivity index (χ2n) is 9.65. The van der Waals surface area contributed by atoms with E-state index in [0.29, 0.717) is 6.17 Å². The molecule has 1 rings (SSSR count). The van der Waals surface area contributed by atoms with Crippen molar-refractivity contribution >= 4 is 0 Å². The van der Waals surface area contributed by atoms with E-state index in [9.17, 15) is 5.11 Å². The first kappa shape index (κ1) is 28.2. The molecule has 0 saturated carbocycles. The van der Waals surface area contributed by atoms with Crippen molar-refractivity contribution < 1.29 is 9.59 Å². The minimum Gasteiger partial charge on any atom is -0.390 e. The molecule has 0 spiro atoms. The molecule has 2 unspecified atom stereocenters. The van der Waals surface area contributed by atoms with Crippen LogP contribution in [-0.2, 0) is 0 Å². The van der Waals surface area contributed by atoms with Gasteiger partial charge in [-0.1, -0.05) is 103 Å². The molecule has 0 bridgehead atoms. The highest BCUT2D eigenvalue weighted by atomic mass is 16.3. The normalized spacial score (nSPS) is 20.7. The van der Waals surface area contributed by atoms with Crippen LogP contribution >= 0.6 is 0 Å². The zero-order valence-electron chi connectivity index (χ0n) is 21.1. The molecule has 0 saturated heterocycles. The van der Waals surface area contributed by atoms with Crippen LogP contribution in [0, 0.1) is 0 Å². The number of allylic oxidation sites excluding steroid dienone is 2. The predicted molar refractivity (Wildman–Crippen MR) is 137 cm³/mol. The molecule has 182 valence electrons. The Morgan fingerprint density at radius 1 is 0.742 bits per heavy atom. The molecule has 1 aliphatic heterocycles. The minimum atomic E-state index is 0.271. The van der Waals surface area contributed by atoms with E-state index < -0.39 is 0 Å². The Morgan fingerprint density at radius 2 is 1.26 bits per heavy atom. The number of unbranched alkanes of at least 4 members (excludes halogenated alkanes) is 15. The molecule has 1 heterocycles. The van der Waals surface area contributed by atoms with Gasteiger partial charge in [-0.05, 0) is 32.6 Å². The van der Waals surface area contributed by atoms with E-state index in [4.69, 9.17) is 0 Å². The second-order valence-corrected chi connectivity index (χ2v) is 9.65. The molecule has 3 nitrogen and oxygen atoms in total. The van der Waals surface area contributed by atoms with Crippen molar-refractivity contribution in [2.45, 2.75) is 136 Å². The monoisotopic (exact) mass is 435 g/mol. The van der Waals surface area contributed by atoms with Gasteiger partial charge < -0.3 is 10.4 Å². The molecule has 0 aliphatic carbocycles. The van der Waals surface area contributed by atoms with Crippen LogP contribution in [0.25, 0.3) is 0 Å². The van der Waals surface area contributed by atoms with Gasteiger partial charge in [0.15, 0.2) is 6.17 Å². The molecular formula is C28H55N2O+. The largest absolute Gasteiger partial charge is 0.390 e. The van der Waals surface area contributed by atoms with Crippen LogP contribution in [0.3, 0.4) is 0 Å². The average molecular weight is 436 g/mol. The Labute approximate surface area is 195 Å². The number of hydrogen-bond donors (Lipinski definition) is 2. The number of aliphatic hydroxyl groups is 1. The van der Waals surface area contributed by atoms with Gasteiger partial charge in [-0.15, -0.1) is 0 Å². The molecule has 0 amide bonds. The molecule has 0 fully saturated rings. The summed E-state index contributed by atoms with van der Waals surface area (Å²) in [5.74, 6) is 0. The number of rotatable bonds is 22. The maximum atomic E-state index is 9.40. The van der Waals surface area contributed by atoms with Crippen molar-refractivity contribution in [3.8, 4) is 0 Å². The van der Waals surface area contributed by atoms with Gasteiger partial charge >= 0.3 is 0 Å². The lowest BCUT2D eigenvalue weighted by Crippen LogP contribution is -2.54. The number of likely N-dealkylation sites (N-methyl/N-ethyl adjacent to an activating group) is 1. The number of nitrogens with zero attached hydrogens (tertiary/aromatic N) is 1. The Hall–Kier alpha value is -0.800. The summed E-state index contributed by atoms with van der Waals surface area (Å²) in [5.41, 5.74) is 0. The van der Waals surface area contributed by atoms with Gasteiger partial charge in [-0.2, -0.15) is 0 Å². The Kier molecular flexibility index (Phi) is 18.1. The molecule has 0 aromatic heterocycles. The molecule has 0 radical (unpaired) electrons. The summed E-state index contributed by atoms with van der Waals surface area (Å²) in [5, 5.41) is 12.9. The molecule has 3 heteroatoms. The van der Waals surface area contributed by atoms with Gasteiger partial charge in [0, 0.05) is 6.42 Å². The number of quaternary nitrogens is 1. The van der Waals surface area contributed by atoms with E-state index in [0.717, 1.165) is 17.6 Å². The standard InChI is InChI=1S/C28H55N2O/c1-3-5-6-7-8-9-10-11-12-13-14-15-16-17-18-19-20-21-22-23-28-29-24-25-30(28,4-2)26-27-31/h7-8,24-25,28-29,31H,3-6,9-23,26-27H2,1-2H3/q+1/b8-7+. The van der Waals surface area contributed by atoms with Crippen LogP contribution in [-0.4, -0.2) is 35.5 Å². The van der Waals surface area contributed by atoms with Gasteiger partial charge in [-0.25, -0.2) is 0 Å². The average Bonchev–Trinajstić information content (AvgIpc) is 3.18. The lowest BCUT2D eigenvalue weighted by atomic mass is 10.0. The smallest absolute Gasteiger partial charge is 0.166 e. The summed E-state index contributed by atoms with van der Waals surface area (Å²) in [7, 11) is 0. The third kappa shape index (κ3) is 13.4. The van der Waals surface area contributed by atoms with Crippen LogP contribution in [0.15, 0.2) is 24.6 Å². The molecule has 31 heavy (non-hydrogen) atoms. The maximum absolute atomic E-state index is 9.40. The van der Waals surface area contributed by atoms with Gasteiger partial charge in [0.25, 0.3) is 0 Å².